The van der Waals surface area contributed by atoms with Crippen LogP contribution in [0.25, 0.3) is 11.1 Å². The first-order valence-electron chi connectivity index (χ1n) is 4.93. The molecule has 0 spiro atoms. The van der Waals surface area contributed by atoms with E-state index in [0.29, 0.717) is 5.56 Å². The molecule has 5 heteroatoms. The van der Waals surface area contributed by atoms with Gasteiger partial charge in [0.25, 0.3) is 0 Å². The summed E-state index contributed by atoms with van der Waals surface area (Å²) in [7, 11) is -2.58. The molecule has 1 aromatic heterocycles. The van der Waals surface area contributed by atoms with Crippen molar-refractivity contribution in [3.63, 3.8) is 0 Å². The van der Waals surface area contributed by atoms with Crippen molar-refractivity contribution in [1.82, 2.24) is 0 Å². The molecule has 0 amide bonds. The van der Waals surface area contributed by atoms with Gasteiger partial charge in [-0.05, 0) is 23.8 Å². The van der Waals surface area contributed by atoms with Crippen molar-refractivity contribution < 1.29 is 17.6 Å². The Morgan fingerprint density at radius 2 is 1.76 bits per heavy atom. The van der Waals surface area contributed by atoms with E-state index in [1.54, 1.807) is 18.2 Å². The molecule has 17 heavy (non-hydrogen) atoms. The molecule has 0 aliphatic rings. The molecule has 88 valence electrons. The van der Waals surface area contributed by atoms with Gasteiger partial charge in [-0.25, -0.2) is 8.42 Å². The van der Waals surface area contributed by atoms with Crippen LogP contribution >= 0.6 is 0 Å². The van der Waals surface area contributed by atoms with Crippen LogP contribution in [0.5, 0.6) is 0 Å². The Bertz CT molecular complexity index is 612. The standard InChI is InChI=1S/C12H10O4S/c1-8(13)12-11(6-7-16-12)9-2-4-10(5-3-9)17(14)15/h2-7,17H,1H3. The second-order valence-corrected chi connectivity index (χ2v) is 4.55. The number of ketones is 1. The van der Waals surface area contributed by atoms with Crippen LogP contribution in [-0.4, -0.2) is 14.2 Å². The van der Waals surface area contributed by atoms with E-state index in [9.17, 15) is 13.2 Å². The van der Waals surface area contributed by atoms with E-state index in [1.165, 1.54) is 25.3 Å². The zero-order chi connectivity index (χ0) is 12.4. The van der Waals surface area contributed by atoms with Gasteiger partial charge < -0.3 is 4.42 Å². The minimum absolute atomic E-state index is 0.163. The number of Topliss-reactive ketones (excluding diaryl/α,β-unsaturated/α-hetero) is 1. The van der Waals surface area contributed by atoms with Crippen molar-refractivity contribution in [2.24, 2.45) is 0 Å². The molecule has 0 aliphatic carbocycles. The highest BCUT2D eigenvalue weighted by Gasteiger charge is 2.12. The van der Waals surface area contributed by atoms with Gasteiger partial charge in [0, 0.05) is 12.5 Å². The van der Waals surface area contributed by atoms with Crippen molar-refractivity contribution in [3.8, 4) is 11.1 Å². The van der Waals surface area contributed by atoms with Gasteiger partial charge in [0.2, 0.25) is 0 Å². The summed E-state index contributed by atoms with van der Waals surface area (Å²) in [5.74, 6) is 0.119. The average Bonchev–Trinajstić information content (AvgIpc) is 2.78. The van der Waals surface area contributed by atoms with Gasteiger partial charge >= 0.3 is 0 Å². The van der Waals surface area contributed by atoms with E-state index in [1.807, 2.05) is 0 Å². The maximum absolute atomic E-state index is 11.3. The van der Waals surface area contributed by atoms with E-state index >= 15 is 0 Å². The Morgan fingerprint density at radius 3 is 2.29 bits per heavy atom. The minimum Gasteiger partial charge on any atom is -0.461 e. The highest BCUT2D eigenvalue weighted by molar-refractivity contribution is 7.72. The third-order valence-electron chi connectivity index (χ3n) is 2.37. The summed E-state index contributed by atoms with van der Waals surface area (Å²) in [6, 6.07) is 7.98. The summed E-state index contributed by atoms with van der Waals surface area (Å²) in [4.78, 5) is 11.5. The lowest BCUT2D eigenvalue weighted by atomic mass is 10.1. The van der Waals surface area contributed by atoms with Crippen LogP contribution < -0.4 is 0 Å². The van der Waals surface area contributed by atoms with E-state index in [-0.39, 0.29) is 16.4 Å². The summed E-state index contributed by atoms with van der Waals surface area (Å²) < 4.78 is 26.6. The number of thiol groups is 1. The number of hydrogen-bond acceptors (Lipinski definition) is 4. The number of furan rings is 1. The number of rotatable bonds is 3. The zero-order valence-electron chi connectivity index (χ0n) is 9.04. The summed E-state index contributed by atoms with van der Waals surface area (Å²) in [5, 5.41) is 0. The molecule has 0 saturated carbocycles. The maximum Gasteiger partial charge on any atom is 0.195 e. The average molecular weight is 250 g/mol. The first-order chi connectivity index (χ1) is 8.09. The quantitative estimate of drug-likeness (QED) is 0.669. The Kier molecular flexibility index (Phi) is 3.10. The largest absolute Gasteiger partial charge is 0.461 e. The number of hydrogen-bond donors (Lipinski definition) is 1. The molecule has 0 bridgehead atoms. The number of carbonyl (C=O) groups is 1. The molecule has 1 aromatic carbocycles. The molecule has 0 unspecified atom stereocenters. The molecule has 0 aliphatic heterocycles. The second-order valence-electron chi connectivity index (χ2n) is 3.52. The third kappa shape index (κ3) is 2.29. The summed E-state index contributed by atoms with van der Waals surface area (Å²) >= 11 is 0. The van der Waals surface area contributed by atoms with E-state index < -0.39 is 10.7 Å². The van der Waals surface area contributed by atoms with Crippen molar-refractivity contribution in [3.05, 3.63) is 42.4 Å². The fourth-order valence-corrected chi connectivity index (χ4v) is 1.96. The fourth-order valence-electron chi connectivity index (χ4n) is 1.57. The Hall–Kier alpha value is -1.88. The van der Waals surface area contributed by atoms with Crippen LogP contribution in [0.15, 0.2) is 45.9 Å². The van der Waals surface area contributed by atoms with Gasteiger partial charge in [0.15, 0.2) is 22.2 Å². The van der Waals surface area contributed by atoms with Crippen LogP contribution in [0, 0.1) is 0 Å². The lowest BCUT2D eigenvalue weighted by Crippen LogP contribution is -1.91. The lowest BCUT2D eigenvalue weighted by Gasteiger charge is -2.00. The van der Waals surface area contributed by atoms with Crippen molar-refractivity contribution >= 4 is 16.5 Å². The Labute approximate surface area is 99.8 Å². The Balaban J connectivity index is 2.47. The predicted molar refractivity (Wildman–Crippen MR) is 62.7 cm³/mol. The molecule has 0 saturated heterocycles. The second kappa shape index (κ2) is 4.55. The van der Waals surface area contributed by atoms with E-state index in [4.69, 9.17) is 4.42 Å². The molecule has 0 fully saturated rings. The highest BCUT2D eigenvalue weighted by atomic mass is 32.2. The van der Waals surface area contributed by atoms with Crippen molar-refractivity contribution in [2.75, 3.05) is 0 Å². The third-order valence-corrected chi connectivity index (χ3v) is 3.09. The van der Waals surface area contributed by atoms with Gasteiger partial charge in [0.1, 0.15) is 0 Å². The molecule has 0 N–H and O–H groups in total. The predicted octanol–water partition coefficient (Wildman–Crippen LogP) is 2.12. The zero-order valence-corrected chi connectivity index (χ0v) is 9.94. The minimum atomic E-state index is -2.58. The van der Waals surface area contributed by atoms with Gasteiger partial charge in [-0.15, -0.1) is 0 Å². The first-order valence-corrected chi connectivity index (χ1v) is 6.10. The molecule has 4 nitrogen and oxygen atoms in total. The summed E-state index contributed by atoms with van der Waals surface area (Å²) in [5.41, 5.74) is 1.43. The van der Waals surface area contributed by atoms with E-state index in [0.717, 1.165) is 5.56 Å². The maximum atomic E-state index is 11.3. The molecule has 2 rings (SSSR count). The number of carbonyl (C=O) groups excluding carboxylic acids is 1. The van der Waals surface area contributed by atoms with Crippen LogP contribution in [0.2, 0.25) is 0 Å². The SMILES string of the molecule is CC(=O)c1occc1-c1ccc([SH](=O)=O)cc1. The summed E-state index contributed by atoms with van der Waals surface area (Å²) in [6.45, 7) is 1.42. The lowest BCUT2D eigenvalue weighted by molar-refractivity contribution is 0.0988. The number of benzene rings is 1. The summed E-state index contributed by atoms with van der Waals surface area (Å²) in [6.07, 6.45) is 1.44. The molecular weight excluding hydrogens is 240 g/mol. The fraction of sp³-hybridized carbons (Fsp3) is 0.0833. The Morgan fingerprint density at radius 1 is 1.12 bits per heavy atom. The van der Waals surface area contributed by atoms with Crippen LogP contribution in [0.4, 0.5) is 0 Å². The van der Waals surface area contributed by atoms with Crippen LogP contribution in [-0.2, 0) is 10.7 Å². The van der Waals surface area contributed by atoms with Gasteiger partial charge in [0.05, 0.1) is 11.2 Å². The molecule has 1 heterocycles. The smallest absolute Gasteiger partial charge is 0.195 e. The normalized spacial score (nSPS) is 10.7. The monoisotopic (exact) mass is 250 g/mol. The van der Waals surface area contributed by atoms with E-state index in [2.05, 4.69) is 0 Å². The highest BCUT2D eigenvalue weighted by Crippen LogP contribution is 2.25. The topological polar surface area (TPSA) is 64.3 Å². The van der Waals surface area contributed by atoms with Gasteiger partial charge in [-0.1, -0.05) is 12.1 Å². The van der Waals surface area contributed by atoms with Crippen LogP contribution in [0.3, 0.4) is 0 Å². The van der Waals surface area contributed by atoms with Crippen LogP contribution in [0.1, 0.15) is 17.5 Å². The molecular formula is C12H10O4S. The van der Waals surface area contributed by atoms with Gasteiger partial charge in [-0.2, -0.15) is 0 Å². The van der Waals surface area contributed by atoms with Crippen molar-refractivity contribution in [1.29, 1.82) is 0 Å². The van der Waals surface area contributed by atoms with Gasteiger partial charge in [-0.3, -0.25) is 4.79 Å². The first kappa shape index (κ1) is 11.6. The van der Waals surface area contributed by atoms with Crippen molar-refractivity contribution in [2.45, 2.75) is 11.8 Å². The molecule has 0 atom stereocenters. The molecule has 0 radical (unpaired) electrons. The molecule has 2 aromatic rings.